The Morgan fingerprint density at radius 1 is 1.31 bits per heavy atom. The minimum absolute atomic E-state index is 0.812. The molecular weight excluding hydrogens is 162 g/mol. The van der Waals surface area contributed by atoms with E-state index >= 15 is 0 Å². The van der Waals surface area contributed by atoms with E-state index in [0.29, 0.717) is 0 Å². The van der Waals surface area contributed by atoms with Crippen LogP contribution in [-0.2, 0) is 4.74 Å². The zero-order chi connectivity index (χ0) is 8.93. The third-order valence-corrected chi connectivity index (χ3v) is 2.95. The van der Waals surface area contributed by atoms with Crippen molar-refractivity contribution in [3.63, 3.8) is 0 Å². The highest BCUT2D eigenvalue weighted by Crippen LogP contribution is 2.18. The second kappa shape index (κ2) is 4.77. The molecule has 0 aromatic heterocycles. The highest BCUT2D eigenvalue weighted by Gasteiger charge is 2.15. The molecule has 74 valence electrons. The average molecular weight is 181 g/mol. The first-order valence-electron chi connectivity index (χ1n) is 5.42. The molecule has 0 spiro atoms. The summed E-state index contributed by atoms with van der Waals surface area (Å²) in [6.07, 6.45) is 8.80. The van der Waals surface area contributed by atoms with Gasteiger partial charge in [0.2, 0.25) is 0 Å². The Labute approximate surface area is 80.6 Å². The number of nitrogens with zero attached hydrogens (tertiary/aromatic N) is 1. The number of morpholine rings is 1. The number of allylic oxidation sites excluding steroid dienone is 1. The van der Waals surface area contributed by atoms with Crippen molar-refractivity contribution >= 4 is 0 Å². The van der Waals surface area contributed by atoms with Gasteiger partial charge in [0.1, 0.15) is 0 Å². The second-order valence-corrected chi connectivity index (χ2v) is 4.03. The smallest absolute Gasteiger partial charge is 0.0594 e. The minimum atomic E-state index is 0.812. The fraction of sp³-hybridized carbons (Fsp3) is 0.818. The van der Waals surface area contributed by atoms with Gasteiger partial charge in [0.25, 0.3) is 0 Å². The standard InChI is InChI=1S/C11H19NO/c1-2-4-11(5-3-1)10-12-6-8-13-9-7-12/h2,4,11H,1,3,5-10H2. The summed E-state index contributed by atoms with van der Waals surface area (Å²) < 4.78 is 5.33. The highest BCUT2D eigenvalue weighted by molar-refractivity contribution is 4.94. The molecule has 1 aliphatic carbocycles. The Balaban J connectivity index is 1.75. The van der Waals surface area contributed by atoms with E-state index in [4.69, 9.17) is 4.74 Å². The van der Waals surface area contributed by atoms with Crippen molar-refractivity contribution in [3.05, 3.63) is 12.2 Å². The van der Waals surface area contributed by atoms with E-state index in [1.165, 1.54) is 25.8 Å². The van der Waals surface area contributed by atoms with Gasteiger partial charge in [-0.05, 0) is 25.2 Å². The summed E-state index contributed by atoms with van der Waals surface area (Å²) in [7, 11) is 0. The number of hydrogen-bond acceptors (Lipinski definition) is 2. The molecule has 0 radical (unpaired) electrons. The normalized spacial score (nSPS) is 30.6. The molecular formula is C11H19NO. The van der Waals surface area contributed by atoms with Crippen molar-refractivity contribution in [1.29, 1.82) is 0 Å². The first kappa shape index (κ1) is 9.22. The SMILES string of the molecule is C1=CC(CN2CCOCC2)CCC1. The predicted octanol–water partition coefficient (Wildman–Crippen LogP) is 1.67. The molecule has 0 N–H and O–H groups in total. The van der Waals surface area contributed by atoms with Crippen LogP contribution in [0.5, 0.6) is 0 Å². The average Bonchev–Trinajstić information content (AvgIpc) is 2.21. The van der Waals surface area contributed by atoms with E-state index < -0.39 is 0 Å². The lowest BCUT2D eigenvalue weighted by molar-refractivity contribution is 0.0326. The molecule has 2 aliphatic rings. The summed E-state index contributed by atoms with van der Waals surface area (Å²) in [5, 5.41) is 0. The van der Waals surface area contributed by atoms with Gasteiger partial charge < -0.3 is 4.74 Å². The van der Waals surface area contributed by atoms with Crippen molar-refractivity contribution in [1.82, 2.24) is 4.90 Å². The van der Waals surface area contributed by atoms with Crippen LogP contribution in [0.15, 0.2) is 12.2 Å². The monoisotopic (exact) mass is 181 g/mol. The summed E-state index contributed by atoms with van der Waals surface area (Å²) in [6, 6.07) is 0. The number of hydrogen-bond donors (Lipinski definition) is 0. The van der Waals surface area contributed by atoms with Crippen LogP contribution in [0.3, 0.4) is 0 Å². The zero-order valence-electron chi connectivity index (χ0n) is 8.24. The van der Waals surface area contributed by atoms with Crippen LogP contribution in [0.4, 0.5) is 0 Å². The molecule has 2 nitrogen and oxygen atoms in total. The van der Waals surface area contributed by atoms with Crippen LogP contribution in [0.1, 0.15) is 19.3 Å². The molecule has 2 heteroatoms. The van der Waals surface area contributed by atoms with Gasteiger partial charge in [-0.15, -0.1) is 0 Å². The molecule has 0 saturated carbocycles. The highest BCUT2D eigenvalue weighted by atomic mass is 16.5. The summed E-state index contributed by atoms with van der Waals surface area (Å²) in [6.45, 7) is 5.36. The summed E-state index contributed by atoms with van der Waals surface area (Å²) in [5.74, 6) is 0.812. The maximum Gasteiger partial charge on any atom is 0.0594 e. The Morgan fingerprint density at radius 3 is 2.85 bits per heavy atom. The molecule has 0 bridgehead atoms. The largest absolute Gasteiger partial charge is 0.379 e. The Hall–Kier alpha value is -0.340. The molecule has 13 heavy (non-hydrogen) atoms. The van der Waals surface area contributed by atoms with Crippen LogP contribution >= 0.6 is 0 Å². The molecule has 1 atom stereocenters. The molecule has 1 fully saturated rings. The lowest BCUT2D eigenvalue weighted by Gasteiger charge is -2.30. The zero-order valence-corrected chi connectivity index (χ0v) is 8.24. The van der Waals surface area contributed by atoms with Crippen LogP contribution < -0.4 is 0 Å². The van der Waals surface area contributed by atoms with E-state index in [0.717, 1.165) is 32.2 Å². The van der Waals surface area contributed by atoms with E-state index in [1.807, 2.05) is 0 Å². The van der Waals surface area contributed by atoms with Crippen molar-refractivity contribution in [3.8, 4) is 0 Å². The first-order chi connectivity index (χ1) is 6.45. The first-order valence-corrected chi connectivity index (χ1v) is 5.42. The topological polar surface area (TPSA) is 12.5 Å². The quantitative estimate of drug-likeness (QED) is 0.601. The van der Waals surface area contributed by atoms with Gasteiger partial charge in [0.15, 0.2) is 0 Å². The molecule has 0 aromatic rings. The Morgan fingerprint density at radius 2 is 2.15 bits per heavy atom. The number of rotatable bonds is 2. The van der Waals surface area contributed by atoms with Gasteiger partial charge in [0, 0.05) is 19.6 Å². The fourth-order valence-corrected chi connectivity index (χ4v) is 2.15. The Kier molecular flexibility index (Phi) is 3.39. The molecule has 1 saturated heterocycles. The van der Waals surface area contributed by atoms with E-state index in [-0.39, 0.29) is 0 Å². The minimum Gasteiger partial charge on any atom is -0.379 e. The summed E-state index contributed by atoms with van der Waals surface area (Å²) in [5.41, 5.74) is 0. The van der Waals surface area contributed by atoms with Crippen molar-refractivity contribution in [2.24, 2.45) is 5.92 Å². The van der Waals surface area contributed by atoms with Gasteiger partial charge in [-0.2, -0.15) is 0 Å². The Bertz CT molecular complexity index is 173. The van der Waals surface area contributed by atoms with E-state index in [1.54, 1.807) is 0 Å². The maximum absolute atomic E-state index is 5.33. The van der Waals surface area contributed by atoms with Gasteiger partial charge >= 0.3 is 0 Å². The lowest BCUT2D eigenvalue weighted by Crippen LogP contribution is -2.39. The van der Waals surface area contributed by atoms with Crippen LogP contribution in [0.25, 0.3) is 0 Å². The van der Waals surface area contributed by atoms with Gasteiger partial charge in [0.05, 0.1) is 13.2 Å². The number of ether oxygens (including phenoxy) is 1. The molecule has 1 heterocycles. The summed E-state index contributed by atoms with van der Waals surface area (Å²) in [4.78, 5) is 2.53. The molecule has 0 aromatic carbocycles. The van der Waals surface area contributed by atoms with Crippen molar-refractivity contribution in [2.45, 2.75) is 19.3 Å². The predicted molar refractivity (Wildman–Crippen MR) is 53.7 cm³/mol. The molecule has 0 amide bonds. The van der Waals surface area contributed by atoms with E-state index in [9.17, 15) is 0 Å². The second-order valence-electron chi connectivity index (χ2n) is 4.03. The van der Waals surface area contributed by atoms with Gasteiger partial charge in [-0.25, -0.2) is 0 Å². The molecule has 1 unspecified atom stereocenters. The third-order valence-electron chi connectivity index (χ3n) is 2.95. The summed E-state index contributed by atoms with van der Waals surface area (Å²) >= 11 is 0. The molecule has 2 rings (SSSR count). The molecule has 1 aliphatic heterocycles. The fourth-order valence-electron chi connectivity index (χ4n) is 2.15. The van der Waals surface area contributed by atoms with Crippen LogP contribution in [0, 0.1) is 5.92 Å². The van der Waals surface area contributed by atoms with Crippen molar-refractivity contribution in [2.75, 3.05) is 32.8 Å². The van der Waals surface area contributed by atoms with Gasteiger partial charge in [-0.1, -0.05) is 12.2 Å². The van der Waals surface area contributed by atoms with Gasteiger partial charge in [-0.3, -0.25) is 4.90 Å². The lowest BCUT2D eigenvalue weighted by atomic mass is 9.95. The third kappa shape index (κ3) is 2.82. The van der Waals surface area contributed by atoms with Crippen molar-refractivity contribution < 1.29 is 4.74 Å². The van der Waals surface area contributed by atoms with Crippen LogP contribution in [-0.4, -0.2) is 37.7 Å². The van der Waals surface area contributed by atoms with E-state index in [2.05, 4.69) is 17.1 Å². The van der Waals surface area contributed by atoms with Crippen LogP contribution in [0.2, 0.25) is 0 Å². The maximum atomic E-state index is 5.33.